The summed E-state index contributed by atoms with van der Waals surface area (Å²) in [4.78, 5) is 0. The summed E-state index contributed by atoms with van der Waals surface area (Å²) in [5, 5.41) is 0. The van der Waals surface area contributed by atoms with Crippen molar-refractivity contribution in [1.82, 2.24) is 0 Å². The predicted octanol–water partition coefficient (Wildman–Crippen LogP) is -4.34. The standard InChI is InChI=1S/ClH.Mn.H2O4S/c;;1-5(2,3)4/h1H;;(H2,1,2,3,4)/q;+3;/p-3. The first-order chi connectivity index (χ1) is 2.00. The average molecular weight is 186 g/mol. The van der Waals surface area contributed by atoms with Gasteiger partial charge in [0.25, 0.3) is 0 Å². The van der Waals surface area contributed by atoms with Gasteiger partial charge in [-0.3, -0.25) is 8.42 Å². The molecule has 0 N–H and O–H groups in total. The summed E-state index contributed by atoms with van der Waals surface area (Å²) in [6, 6.07) is 0. The zero-order chi connectivity index (χ0) is 4.50. The molecule has 0 amide bonds. The average Bonchev–Trinajstić information content (AvgIpc) is 0.722. The van der Waals surface area contributed by atoms with Crippen LogP contribution in [0, 0.1) is 0 Å². The van der Waals surface area contributed by atoms with Gasteiger partial charge >= 0.3 is 17.1 Å². The third-order valence-electron chi connectivity index (χ3n) is 0. The molecule has 0 radical (unpaired) electrons. The molecule has 0 aliphatic heterocycles. The van der Waals surface area contributed by atoms with E-state index in [1.807, 2.05) is 0 Å². The first-order valence-corrected chi connectivity index (χ1v) is 2.00. The molecule has 0 aliphatic rings. The van der Waals surface area contributed by atoms with Crippen molar-refractivity contribution in [3.63, 3.8) is 0 Å². The quantitative estimate of drug-likeness (QED) is 0.218. The Kier molecular flexibility index (Phi) is 10.8. The van der Waals surface area contributed by atoms with E-state index in [0.29, 0.717) is 0 Å². The van der Waals surface area contributed by atoms with Crippen LogP contribution in [0.1, 0.15) is 0 Å². The van der Waals surface area contributed by atoms with E-state index < -0.39 is 10.4 Å². The molecule has 0 aromatic carbocycles. The molecule has 0 unspecified atom stereocenters. The monoisotopic (exact) mass is 186 g/mol. The van der Waals surface area contributed by atoms with E-state index in [9.17, 15) is 0 Å². The van der Waals surface area contributed by atoms with Crippen molar-refractivity contribution in [3.8, 4) is 0 Å². The van der Waals surface area contributed by atoms with E-state index in [2.05, 4.69) is 0 Å². The van der Waals surface area contributed by atoms with Gasteiger partial charge in [0, 0.05) is 10.4 Å². The molecule has 0 heterocycles. The second kappa shape index (κ2) is 4.83. The zero-order valence-corrected chi connectivity index (χ0v) is 5.55. The minimum Gasteiger partial charge on any atom is -1.00 e. The van der Waals surface area contributed by atoms with E-state index in [-0.39, 0.29) is 29.5 Å². The summed E-state index contributed by atoms with van der Waals surface area (Å²) >= 11 is 0. The van der Waals surface area contributed by atoms with Gasteiger partial charge in [0.15, 0.2) is 0 Å². The molecule has 7 heavy (non-hydrogen) atoms. The van der Waals surface area contributed by atoms with Gasteiger partial charge < -0.3 is 21.5 Å². The van der Waals surface area contributed by atoms with Crippen molar-refractivity contribution in [2.75, 3.05) is 0 Å². The molecule has 0 aromatic rings. The fourth-order valence-corrected chi connectivity index (χ4v) is 0. The Bertz CT molecular complexity index is 94.9. The first kappa shape index (κ1) is 15.6. The van der Waals surface area contributed by atoms with Crippen LogP contribution in [-0.4, -0.2) is 17.5 Å². The van der Waals surface area contributed by atoms with E-state index in [0.717, 1.165) is 0 Å². The van der Waals surface area contributed by atoms with Crippen LogP contribution in [0.5, 0.6) is 0 Å². The summed E-state index contributed by atoms with van der Waals surface area (Å²) in [6.07, 6.45) is 0. The summed E-state index contributed by atoms with van der Waals surface area (Å²) in [6.45, 7) is 0. The molecule has 0 aliphatic carbocycles. The Morgan fingerprint density at radius 3 is 1.14 bits per heavy atom. The van der Waals surface area contributed by atoms with E-state index >= 15 is 0 Å². The summed E-state index contributed by atoms with van der Waals surface area (Å²) in [7, 11) is -5.17. The topological polar surface area (TPSA) is 80.3 Å². The third kappa shape index (κ3) is 317. The SMILES string of the molecule is O=S(=O)([O-])[O-].[Cl-].[Mn+3]. The van der Waals surface area contributed by atoms with Gasteiger partial charge in [-0.2, -0.15) is 0 Å². The Morgan fingerprint density at radius 1 is 1.14 bits per heavy atom. The van der Waals surface area contributed by atoms with Crippen LogP contribution in [0.25, 0.3) is 0 Å². The molecule has 44 valence electrons. The largest absolute Gasteiger partial charge is 3.00 e. The van der Waals surface area contributed by atoms with E-state index in [4.69, 9.17) is 17.5 Å². The van der Waals surface area contributed by atoms with Crippen molar-refractivity contribution in [2.45, 2.75) is 0 Å². The van der Waals surface area contributed by atoms with Gasteiger partial charge in [-0.1, -0.05) is 0 Å². The molecular formula is ClMnO4S. The summed E-state index contributed by atoms with van der Waals surface area (Å²) in [5.74, 6) is 0. The number of hydrogen-bond acceptors (Lipinski definition) is 4. The Balaban J connectivity index is -0.0000000800. The minimum atomic E-state index is -5.17. The maximum Gasteiger partial charge on any atom is 3.00 e. The Morgan fingerprint density at radius 2 is 1.14 bits per heavy atom. The molecule has 0 fully saturated rings. The van der Waals surface area contributed by atoms with Crippen LogP contribution < -0.4 is 12.4 Å². The maximum atomic E-state index is 8.52. The van der Waals surface area contributed by atoms with Gasteiger partial charge in [0.2, 0.25) is 0 Å². The van der Waals surface area contributed by atoms with Crippen molar-refractivity contribution in [2.24, 2.45) is 0 Å². The molecule has 0 spiro atoms. The van der Waals surface area contributed by atoms with Crippen LogP contribution >= 0.6 is 0 Å². The molecule has 0 atom stereocenters. The maximum absolute atomic E-state index is 8.52. The van der Waals surface area contributed by atoms with E-state index in [1.54, 1.807) is 0 Å². The molecule has 0 rings (SSSR count). The molecular weight excluding hydrogens is 186 g/mol. The van der Waals surface area contributed by atoms with Gasteiger partial charge in [0.05, 0.1) is 0 Å². The van der Waals surface area contributed by atoms with Crippen LogP contribution in [0.2, 0.25) is 0 Å². The molecule has 0 saturated heterocycles. The summed E-state index contributed by atoms with van der Waals surface area (Å²) < 4.78 is 34.1. The minimum absolute atomic E-state index is 0. The van der Waals surface area contributed by atoms with Crippen molar-refractivity contribution in [3.05, 3.63) is 0 Å². The number of hydrogen-bond donors (Lipinski definition) is 0. The van der Waals surface area contributed by atoms with Gasteiger partial charge in [-0.15, -0.1) is 0 Å². The van der Waals surface area contributed by atoms with Crippen LogP contribution in [-0.2, 0) is 27.5 Å². The van der Waals surface area contributed by atoms with Crippen molar-refractivity contribution in [1.29, 1.82) is 0 Å². The van der Waals surface area contributed by atoms with Gasteiger partial charge in [-0.25, -0.2) is 0 Å². The van der Waals surface area contributed by atoms with Gasteiger partial charge in [0.1, 0.15) is 0 Å². The van der Waals surface area contributed by atoms with E-state index in [1.165, 1.54) is 0 Å². The second-order valence-corrected chi connectivity index (χ2v) is 1.22. The molecule has 4 nitrogen and oxygen atoms in total. The summed E-state index contributed by atoms with van der Waals surface area (Å²) in [5.41, 5.74) is 0. The van der Waals surface area contributed by atoms with Crippen LogP contribution in [0.3, 0.4) is 0 Å². The zero-order valence-electron chi connectivity index (χ0n) is 2.80. The smallest absolute Gasteiger partial charge is 1.00 e. The Hall–Kier alpha value is 0.679. The fourth-order valence-electron chi connectivity index (χ4n) is 0. The molecule has 7 heteroatoms. The van der Waals surface area contributed by atoms with Gasteiger partial charge in [-0.05, 0) is 0 Å². The van der Waals surface area contributed by atoms with Crippen molar-refractivity contribution < 1.29 is 47.0 Å². The molecule has 0 saturated carbocycles. The molecule has 0 aromatic heterocycles. The fraction of sp³-hybridized carbons (Fsp3) is 0. The second-order valence-electron chi connectivity index (χ2n) is 0.408. The first-order valence-electron chi connectivity index (χ1n) is 0.667. The predicted molar refractivity (Wildman–Crippen MR) is 10.5 cm³/mol. The van der Waals surface area contributed by atoms with Crippen LogP contribution in [0.15, 0.2) is 0 Å². The van der Waals surface area contributed by atoms with Crippen LogP contribution in [0.4, 0.5) is 0 Å². The number of rotatable bonds is 0. The molecule has 0 bridgehead atoms. The van der Waals surface area contributed by atoms with Crippen molar-refractivity contribution >= 4 is 10.4 Å². The third-order valence-corrected chi connectivity index (χ3v) is 0. The normalized spacial score (nSPS) is 8.29. The Labute approximate surface area is 57.8 Å². The number of halogens is 1.